The van der Waals surface area contributed by atoms with E-state index in [4.69, 9.17) is 38.7 Å². The third kappa shape index (κ3) is 6.83. The first-order valence-corrected chi connectivity index (χ1v) is 8.98. The van der Waals surface area contributed by atoms with Crippen LogP contribution in [-0.2, 0) is 5.41 Å². The van der Waals surface area contributed by atoms with Gasteiger partial charge in [0.15, 0.2) is 6.29 Å². The molecule has 28 heavy (non-hydrogen) atoms. The van der Waals surface area contributed by atoms with Crippen LogP contribution in [0, 0.1) is 0 Å². The molecule has 0 saturated carbocycles. The lowest BCUT2D eigenvalue weighted by atomic mass is 8.64. The zero-order valence-electron chi connectivity index (χ0n) is 16.7. The van der Waals surface area contributed by atoms with Crippen molar-refractivity contribution in [2.24, 2.45) is 0 Å². The second-order valence-corrected chi connectivity index (χ2v) is 7.62. The zero-order chi connectivity index (χ0) is 21.5. The number of phenolic OH excluding ortho intramolecular Hbond substituents is 1. The molecule has 0 atom stereocenters. The van der Waals surface area contributed by atoms with Crippen molar-refractivity contribution in [3.05, 3.63) is 53.6 Å². The maximum absolute atomic E-state index is 11.1. The molecule has 2 aromatic rings. The standard InChI is InChI=1S/C17H18O2.B9/c1-17(2,3)14-9-13(11-18)16(19)15(10-14)12-7-5-4-6-8-12;1-6-9(7(2)3)8(4)5/h4-11,19H,1-3H3;. The second-order valence-electron chi connectivity index (χ2n) is 7.62. The first-order chi connectivity index (χ1) is 13.0. The summed E-state index contributed by atoms with van der Waals surface area (Å²) in [6, 6.07) is 13.3. The molecule has 0 aliphatic heterocycles. The van der Waals surface area contributed by atoms with Gasteiger partial charge in [-0.1, -0.05) is 51.1 Å². The molecule has 0 amide bonds. The third-order valence-corrected chi connectivity index (χ3v) is 4.33. The molecule has 2 rings (SSSR count). The summed E-state index contributed by atoms with van der Waals surface area (Å²) in [6.07, 6.45) is -0.758. The highest BCUT2D eigenvalue weighted by Crippen LogP contribution is 2.36. The van der Waals surface area contributed by atoms with Gasteiger partial charge in [-0.3, -0.25) is 4.79 Å². The van der Waals surface area contributed by atoms with Gasteiger partial charge in [-0.15, -0.1) is 0 Å². The minimum atomic E-state index is -0.574. The molecule has 0 saturated heterocycles. The van der Waals surface area contributed by atoms with Crippen LogP contribution in [0.25, 0.3) is 11.1 Å². The van der Waals surface area contributed by atoms with Crippen molar-refractivity contribution < 1.29 is 9.90 Å². The van der Waals surface area contributed by atoms with E-state index in [2.05, 4.69) is 20.8 Å². The van der Waals surface area contributed by atoms with Crippen molar-refractivity contribution in [3.63, 3.8) is 0 Å². The fourth-order valence-electron chi connectivity index (χ4n) is 2.53. The lowest BCUT2D eigenvalue weighted by molar-refractivity contribution is 0.112. The van der Waals surface area contributed by atoms with Crippen LogP contribution in [0.2, 0.25) is 0 Å². The molecule has 0 aliphatic rings. The molecule has 0 aliphatic carbocycles. The van der Waals surface area contributed by atoms with E-state index in [-0.39, 0.29) is 17.5 Å². The summed E-state index contributed by atoms with van der Waals surface area (Å²) in [7, 11) is 27.5. The predicted molar refractivity (Wildman–Crippen MR) is 129 cm³/mol. The van der Waals surface area contributed by atoms with Gasteiger partial charge in [0.25, 0.3) is 0 Å². The minimum Gasteiger partial charge on any atom is -0.507 e. The third-order valence-electron chi connectivity index (χ3n) is 4.33. The number of aldehydes is 1. The fourth-order valence-corrected chi connectivity index (χ4v) is 2.53. The highest BCUT2D eigenvalue weighted by molar-refractivity contribution is 7.93. The smallest absolute Gasteiger partial charge is 0.153 e. The number of rotatable bonds is 5. The van der Waals surface area contributed by atoms with Gasteiger partial charge >= 0.3 is 0 Å². The molecule has 0 unspecified atom stereocenters. The molecule has 1 N–H and O–H groups in total. The zero-order valence-corrected chi connectivity index (χ0v) is 16.7. The van der Waals surface area contributed by atoms with E-state index in [0.29, 0.717) is 17.4 Å². The van der Waals surface area contributed by atoms with Crippen LogP contribution in [-0.4, -0.2) is 76.3 Å². The van der Waals surface area contributed by atoms with Crippen molar-refractivity contribution in [3.8, 4) is 16.9 Å². The monoisotopic (exact) mass is 353 g/mol. The molecule has 2 aromatic carbocycles. The lowest BCUT2D eigenvalue weighted by Crippen LogP contribution is -2.55. The Morgan fingerprint density at radius 2 is 1.54 bits per heavy atom. The molecule has 11 radical (unpaired) electrons. The number of carbonyl (C=O) groups is 1. The van der Waals surface area contributed by atoms with Gasteiger partial charge in [0.2, 0.25) is 0 Å². The molecular formula is C17H18B9O2. The van der Waals surface area contributed by atoms with Gasteiger partial charge in [0.1, 0.15) is 5.75 Å². The predicted octanol–water partition coefficient (Wildman–Crippen LogP) is 0.742. The molecule has 0 fully saturated rings. The Morgan fingerprint density at radius 1 is 1.00 bits per heavy atom. The van der Waals surface area contributed by atoms with Gasteiger partial charge in [-0.05, 0) is 28.7 Å². The van der Waals surface area contributed by atoms with Crippen LogP contribution in [0.1, 0.15) is 36.7 Å². The van der Waals surface area contributed by atoms with Crippen molar-refractivity contribution in [1.82, 2.24) is 0 Å². The van der Waals surface area contributed by atoms with E-state index in [0.717, 1.165) is 11.1 Å². The molecule has 0 heterocycles. The van der Waals surface area contributed by atoms with E-state index in [9.17, 15) is 9.90 Å². The fraction of sp³-hybridized carbons (Fsp3) is 0.235. The summed E-state index contributed by atoms with van der Waals surface area (Å²) >= 11 is 0. The Hall–Kier alpha value is -1.51. The Morgan fingerprint density at radius 3 is 1.89 bits per heavy atom. The number of carbonyl (C=O) groups excluding carboxylic acids is 1. The van der Waals surface area contributed by atoms with Gasteiger partial charge < -0.3 is 5.11 Å². The SMILES string of the molecule is CC(C)(C)c1cc(C=O)c(O)c(-c2ccccc2)c1.[B][B]B(B([B])[B])B([B])[B]. The van der Waals surface area contributed by atoms with Crippen LogP contribution in [0.3, 0.4) is 0 Å². The van der Waals surface area contributed by atoms with E-state index >= 15 is 0 Å². The summed E-state index contributed by atoms with van der Waals surface area (Å²) in [5.41, 5.74) is 2.91. The first kappa shape index (κ1) is 24.5. The summed E-state index contributed by atoms with van der Waals surface area (Å²) < 4.78 is 0. The maximum atomic E-state index is 11.1. The number of benzene rings is 2. The average Bonchev–Trinajstić information content (AvgIpc) is 2.62. The quantitative estimate of drug-likeness (QED) is 0.637. The van der Waals surface area contributed by atoms with Crippen LogP contribution in [0.4, 0.5) is 0 Å². The number of hydrogen-bond donors (Lipinski definition) is 1. The summed E-state index contributed by atoms with van der Waals surface area (Å²) in [5.74, 6) is 0.0502. The molecule has 2 nitrogen and oxygen atoms in total. The van der Waals surface area contributed by atoms with Crippen molar-refractivity contribution in [2.75, 3.05) is 0 Å². The van der Waals surface area contributed by atoms with E-state index < -0.39 is 12.8 Å². The first-order valence-electron chi connectivity index (χ1n) is 8.98. The number of aromatic hydroxyl groups is 1. The van der Waals surface area contributed by atoms with Crippen molar-refractivity contribution in [2.45, 2.75) is 26.2 Å². The lowest BCUT2D eigenvalue weighted by Gasteiger charge is -2.21. The summed E-state index contributed by atoms with van der Waals surface area (Å²) in [4.78, 5) is 11.1. The van der Waals surface area contributed by atoms with E-state index in [1.807, 2.05) is 36.4 Å². The summed E-state index contributed by atoms with van der Waals surface area (Å²) in [5, 5.41) is 10.2. The normalized spacial score (nSPS) is 10.2. The number of phenols is 1. The van der Waals surface area contributed by atoms with Crippen LogP contribution >= 0.6 is 0 Å². The molecule has 11 heteroatoms. The highest BCUT2D eigenvalue weighted by Gasteiger charge is 2.19. The van der Waals surface area contributed by atoms with Gasteiger partial charge in [0, 0.05) is 70.5 Å². The highest BCUT2D eigenvalue weighted by atomic mass is 16.3. The van der Waals surface area contributed by atoms with E-state index in [1.54, 1.807) is 6.07 Å². The van der Waals surface area contributed by atoms with Crippen molar-refractivity contribution >= 4 is 71.2 Å². The van der Waals surface area contributed by atoms with Crippen molar-refractivity contribution in [1.29, 1.82) is 0 Å². The van der Waals surface area contributed by atoms with Gasteiger partial charge in [-0.25, -0.2) is 0 Å². The van der Waals surface area contributed by atoms with Gasteiger partial charge in [-0.2, -0.15) is 0 Å². The van der Waals surface area contributed by atoms with E-state index in [1.165, 1.54) is 7.06 Å². The second kappa shape index (κ2) is 10.9. The molecule has 0 spiro atoms. The molecular weight excluding hydrogens is 333 g/mol. The Labute approximate surface area is 177 Å². The maximum Gasteiger partial charge on any atom is 0.153 e. The number of hydrogen-bond acceptors (Lipinski definition) is 2. The van der Waals surface area contributed by atoms with Crippen LogP contribution in [0.5, 0.6) is 5.75 Å². The van der Waals surface area contributed by atoms with Crippen LogP contribution < -0.4 is 0 Å². The Kier molecular flexibility index (Phi) is 9.53. The average molecular weight is 352 g/mol. The summed E-state index contributed by atoms with van der Waals surface area (Å²) in [6.45, 7) is 6.26. The minimum absolute atomic E-state index is 0.0502. The largest absolute Gasteiger partial charge is 0.507 e. The Balaban J connectivity index is 0.000000370. The molecule has 0 aromatic heterocycles. The van der Waals surface area contributed by atoms with Gasteiger partial charge in [0.05, 0.1) is 5.56 Å². The Bertz CT molecular complexity index is 753. The van der Waals surface area contributed by atoms with Crippen LogP contribution in [0.15, 0.2) is 42.5 Å². The molecule has 125 valence electrons. The topological polar surface area (TPSA) is 37.3 Å². The molecule has 0 bridgehead atoms.